The minimum absolute atomic E-state index is 0.364. The van der Waals surface area contributed by atoms with E-state index in [0.717, 1.165) is 17.1 Å². The molecule has 116 valence electrons. The average Bonchev–Trinajstić information content (AvgIpc) is 3.03. The van der Waals surface area contributed by atoms with Gasteiger partial charge in [0.2, 0.25) is 0 Å². The van der Waals surface area contributed by atoms with Crippen molar-refractivity contribution < 1.29 is 13.2 Å². The maximum atomic E-state index is 13.0. The van der Waals surface area contributed by atoms with E-state index in [2.05, 4.69) is 15.2 Å². The molecule has 0 saturated carbocycles. The molecule has 7 heteroatoms. The molecular formula is C15H15F3N4. The van der Waals surface area contributed by atoms with Crippen LogP contribution >= 0.6 is 0 Å². The summed E-state index contributed by atoms with van der Waals surface area (Å²) in [4.78, 5) is 3.81. The second-order valence-electron chi connectivity index (χ2n) is 6.21. The van der Waals surface area contributed by atoms with Crippen LogP contribution in [0.5, 0.6) is 0 Å². The molecule has 3 aromatic rings. The van der Waals surface area contributed by atoms with Crippen LogP contribution in [-0.4, -0.2) is 19.7 Å². The fraction of sp³-hybridized carbons (Fsp3) is 0.333. The molecule has 0 aliphatic rings. The summed E-state index contributed by atoms with van der Waals surface area (Å²) in [6.07, 6.45) is -1.79. The summed E-state index contributed by atoms with van der Waals surface area (Å²) < 4.78 is 40.5. The maximum Gasteiger partial charge on any atom is 0.434 e. The molecule has 4 nitrogen and oxygen atoms in total. The van der Waals surface area contributed by atoms with E-state index < -0.39 is 17.3 Å². The molecular weight excluding hydrogens is 293 g/mol. The summed E-state index contributed by atoms with van der Waals surface area (Å²) in [5, 5.41) is 7.57. The van der Waals surface area contributed by atoms with Crippen molar-refractivity contribution in [1.29, 1.82) is 0 Å². The molecule has 0 aliphatic carbocycles. The van der Waals surface area contributed by atoms with Crippen LogP contribution in [0.3, 0.4) is 0 Å². The number of fused-ring (bicyclic) bond motifs is 1. The third-order valence-electron chi connectivity index (χ3n) is 3.37. The van der Waals surface area contributed by atoms with E-state index >= 15 is 0 Å². The van der Waals surface area contributed by atoms with Crippen molar-refractivity contribution in [2.24, 2.45) is 0 Å². The highest BCUT2D eigenvalue weighted by molar-refractivity contribution is 5.80. The van der Waals surface area contributed by atoms with Crippen molar-refractivity contribution in [3.63, 3.8) is 0 Å². The number of H-pyrrole nitrogens is 1. The number of halogens is 3. The summed E-state index contributed by atoms with van der Waals surface area (Å²) in [5.41, 5.74) is 0.0539. The number of hydrogen-bond acceptors (Lipinski definition) is 2. The number of alkyl halides is 3. The highest BCUT2D eigenvalue weighted by Gasteiger charge is 2.36. The summed E-state index contributed by atoms with van der Waals surface area (Å²) in [6.45, 7) is 5.51. The lowest BCUT2D eigenvalue weighted by Crippen LogP contribution is -2.18. The molecule has 0 saturated heterocycles. The van der Waals surface area contributed by atoms with Gasteiger partial charge in [0.15, 0.2) is 5.69 Å². The molecule has 0 bridgehead atoms. The van der Waals surface area contributed by atoms with E-state index in [1.165, 1.54) is 4.57 Å². The molecule has 3 rings (SSSR count). The van der Waals surface area contributed by atoms with Gasteiger partial charge in [-0.2, -0.15) is 18.3 Å². The predicted molar refractivity (Wildman–Crippen MR) is 76.9 cm³/mol. The Balaban J connectivity index is 2.21. The summed E-state index contributed by atoms with van der Waals surface area (Å²) >= 11 is 0. The van der Waals surface area contributed by atoms with E-state index in [4.69, 9.17) is 0 Å². The normalized spacial score (nSPS) is 13.0. The summed E-state index contributed by atoms with van der Waals surface area (Å²) in [7, 11) is 0. The minimum atomic E-state index is -4.47. The number of nitrogens with one attached hydrogen (secondary N) is 1. The molecule has 0 atom stereocenters. The molecule has 0 radical (unpaired) electrons. The van der Waals surface area contributed by atoms with Gasteiger partial charge in [0.05, 0.1) is 11.7 Å². The fourth-order valence-corrected chi connectivity index (χ4v) is 2.32. The van der Waals surface area contributed by atoms with Gasteiger partial charge in [0.25, 0.3) is 0 Å². The Hall–Kier alpha value is -2.31. The number of rotatable bonds is 1. The topological polar surface area (TPSA) is 46.5 Å². The molecule has 2 aromatic heterocycles. The van der Waals surface area contributed by atoms with E-state index in [9.17, 15) is 13.2 Å². The Bertz CT molecular complexity index is 821. The molecule has 2 heterocycles. The van der Waals surface area contributed by atoms with Crippen LogP contribution in [-0.2, 0) is 11.6 Å². The number of imidazole rings is 1. The van der Waals surface area contributed by atoms with Crippen molar-refractivity contribution >= 4 is 10.9 Å². The molecule has 0 fully saturated rings. The van der Waals surface area contributed by atoms with Crippen molar-refractivity contribution in [3.05, 3.63) is 42.1 Å². The Morgan fingerprint density at radius 1 is 1.14 bits per heavy atom. The number of benzene rings is 1. The first-order valence-electron chi connectivity index (χ1n) is 6.77. The fourth-order valence-electron chi connectivity index (χ4n) is 2.32. The standard InChI is InChI=1S/C15H15F3N4/c1-14(2,3)13-20-12(15(16,17)18)8-22(13)10-4-5-11-9(6-10)7-19-21-11/h4-8H,1-3H3,(H,19,21). The van der Waals surface area contributed by atoms with E-state index in [1.54, 1.807) is 24.4 Å². The number of hydrogen-bond donors (Lipinski definition) is 1. The zero-order valence-corrected chi connectivity index (χ0v) is 12.4. The molecule has 22 heavy (non-hydrogen) atoms. The van der Waals surface area contributed by atoms with Crippen LogP contribution in [0.4, 0.5) is 13.2 Å². The smallest absolute Gasteiger partial charge is 0.303 e. The van der Waals surface area contributed by atoms with Gasteiger partial charge in [-0.15, -0.1) is 0 Å². The molecule has 1 aromatic carbocycles. The SMILES string of the molecule is CC(C)(C)c1nc(C(F)(F)F)cn1-c1ccc2[nH]ncc2c1. The second-order valence-corrected chi connectivity index (χ2v) is 6.21. The van der Waals surface area contributed by atoms with Crippen LogP contribution in [0.25, 0.3) is 16.6 Å². The zero-order chi connectivity index (χ0) is 16.1. The van der Waals surface area contributed by atoms with Gasteiger partial charge in [-0.05, 0) is 18.2 Å². The number of aromatic amines is 1. The van der Waals surface area contributed by atoms with E-state index in [0.29, 0.717) is 11.5 Å². The Morgan fingerprint density at radius 3 is 2.50 bits per heavy atom. The lowest BCUT2D eigenvalue weighted by atomic mass is 9.95. The Labute approximate surface area is 125 Å². The molecule has 0 aliphatic heterocycles. The van der Waals surface area contributed by atoms with Gasteiger partial charge in [-0.3, -0.25) is 5.10 Å². The van der Waals surface area contributed by atoms with Gasteiger partial charge in [0.1, 0.15) is 5.82 Å². The lowest BCUT2D eigenvalue weighted by Gasteiger charge is -2.19. The van der Waals surface area contributed by atoms with Gasteiger partial charge < -0.3 is 4.57 Å². The van der Waals surface area contributed by atoms with Crippen LogP contribution in [0.2, 0.25) is 0 Å². The van der Waals surface area contributed by atoms with E-state index in [1.807, 2.05) is 20.8 Å². The predicted octanol–water partition coefficient (Wildman–Crippen LogP) is 4.06. The maximum absolute atomic E-state index is 13.0. The number of aromatic nitrogens is 4. The van der Waals surface area contributed by atoms with Crippen molar-refractivity contribution in [3.8, 4) is 5.69 Å². The van der Waals surface area contributed by atoms with Crippen LogP contribution < -0.4 is 0 Å². The Morgan fingerprint density at radius 2 is 1.86 bits per heavy atom. The minimum Gasteiger partial charge on any atom is -0.303 e. The first-order valence-corrected chi connectivity index (χ1v) is 6.77. The highest BCUT2D eigenvalue weighted by atomic mass is 19.4. The highest BCUT2D eigenvalue weighted by Crippen LogP contribution is 2.33. The summed E-state index contributed by atoms with van der Waals surface area (Å²) in [6, 6.07) is 5.32. The molecule has 0 unspecified atom stereocenters. The van der Waals surface area contributed by atoms with Crippen molar-refractivity contribution in [1.82, 2.24) is 19.7 Å². The molecule has 0 amide bonds. The van der Waals surface area contributed by atoms with E-state index in [-0.39, 0.29) is 0 Å². The molecule has 0 spiro atoms. The van der Waals surface area contributed by atoms with Gasteiger partial charge in [-0.1, -0.05) is 20.8 Å². The monoisotopic (exact) mass is 308 g/mol. The third-order valence-corrected chi connectivity index (χ3v) is 3.37. The number of nitrogens with zero attached hydrogens (tertiary/aromatic N) is 3. The van der Waals surface area contributed by atoms with Gasteiger partial charge in [-0.25, -0.2) is 4.98 Å². The largest absolute Gasteiger partial charge is 0.434 e. The van der Waals surface area contributed by atoms with Crippen LogP contribution in [0.1, 0.15) is 32.3 Å². The second kappa shape index (κ2) is 4.59. The average molecular weight is 308 g/mol. The van der Waals surface area contributed by atoms with Gasteiger partial charge in [0, 0.05) is 22.7 Å². The molecule has 1 N–H and O–H groups in total. The van der Waals surface area contributed by atoms with Crippen molar-refractivity contribution in [2.45, 2.75) is 32.4 Å². The van der Waals surface area contributed by atoms with Crippen LogP contribution in [0.15, 0.2) is 30.6 Å². The zero-order valence-electron chi connectivity index (χ0n) is 12.4. The van der Waals surface area contributed by atoms with Crippen LogP contribution in [0, 0.1) is 0 Å². The lowest BCUT2D eigenvalue weighted by molar-refractivity contribution is -0.141. The van der Waals surface area contributed by atoms with Gasteiger partial charge >= 0.3 is 6.18 Å². The Kier molecular flexibility index (Phi) is 3.05. The third kappa shape index (κ3) is 2.47. The first-order chi connectivity index (χ1) is 10.2. The summed E-state index contributed by atoms with van der Waals surface area (Å²) in [5.74, 6) is 0.364. The quantitative estimate of drug-likeness (QED) is 0.736. The first kappa shape index (κ1) is 14.6. The van der Waals surface area contributed by atoms with Crippen molar-refractivity contribution in [2.75, 3.05) is 0 Å².